The summed E-state index contributed by atoms with van der Waals surface area (Å²) >= 11 is 0. The van der Waals surface area contributed by atoms with E-state index in [1.54, 1.807) is 0 Å². The molecule has 0 aliphatic rings. The summed E-state index contributed by atoms with van der Waals surface area (Å²) in [6, 6.07) is 0. The Morgan fingerprint density at radius 2 is 0.639 bits per heavy atom. The maximum absolute atomic E-state index is 12.8. The van der Waals surface area contributed by atoms with E-state index in [-0.39, 0.29) is 31.1 Å². The number of esters is 3. The minimum atomic E-state index is -0.792. The van der Waals surface area contributed by atoms with E-state index in [2.05, 4.69) is 81.5 Å². The molecule has 0 aromatic rings. The average Bonchev–Trinajstić information content (AvgIpc) is 3.26. The van der Waals surface area contributed by atoms with Crippen LogP contribution in [0.15, 0.2) is 60.8 Å². The predicted molar refractivity (Wildman–Crippen MR) is 261 cm³/mol. The Hall–Kier alpha value is -2.89. The fraction of sp³-hybridized carbons (Fsp3) is 0.764. The van der Waals surface area contributed by atoms with Gasteiger partial charge in [-0.15, -0.1) is 0 Å². The van der Waals surface area contributed by atoms with Gasteiger partial charge in [0, 0.05) is 19.3 Å². The third-order valence-corrected chi connectivity index (χ3v) is 11.0. The van der Waals surface area contributed by atoms with Crippen molar-refractivity contribution in [3.8, 4) is 0 Å². The van der Waals surface area contributed by atoms with Crippen molar-refractivity contribution in [3.63, 3.8) is 0 Å². The van der Waals surface area contributed by atoms with Crippen LogP contribution in [0, 0.1) is 0 Å². The van der Waals surface area contributed by atoms with Crippen LogP contribution in [0.3, 0.4) is 0 Å². The van der Waals surface area contributed by atoms with E-state index in [0.29, 0.717) is 19.3 Å². The van der Waals surface area contributed by atoms with Gasteiger partial charge < -0.3 is 14.2 Å². The number of ether oxygens (including phenoxy) is 3. The smallest absolute Gasteiger partial charge is 0.306 e. The van der Waals surface area contributed by atoms with Crippen molar-refractivity contribution in [2.75, 3.05) is 13.2 Å². The van der Waals surface area contributed by atoms with Gasteiger partial charge in [0.2, 0.25) is 0 Å². The minimum absolute atomic E-state index is 0.0888. The van der Waals surface area contributed by atoms with E-state index in [1.807, 2.05) is 0 Å². The molecule has 0 spiro atoms. The summed E-state index contributed by atoms with van der Waals surface area (Å²) in [5.74, 6) is -0.936. The van der Waals surface area contributed by atoms with Crippen molar-refractivity contribution >= 4 is 17.9 Å². The molecule has 0 radical (unpaired) electrons. The molecule has 0 saturated heterocycles. The predicted octanol–water partition coefficient (Wildman–Crippen LogP) is 16.9. The molecular formula is C55H96O6. The number of hydrogen-bond acceptors (Lipinski definition) is 6. The topological polar surface area (TPSA) is 78.9 Å². The van der Waals surface area contributed by atoms with E-state index in [9.17, 15) is 14.4 Å². The van der Waals surface area contributed by atoms with E-state index in [1.165, 1.54) is 116 Å². The van der Waals surface area contributed by atoms with Gasteiger partial charge in [0.25, 0.3) is 0 Å². The first-order valence-corrected chi connectivity index (χ1v) is 25.8. The van der Waals surface area contributed by atoms with Crippen molar-refractivity contribution < 1.29 is 28.6 Å². The fourth-order valence-corrected chi connectivity index (χ4v) is 7.13. The molecule has 0 N–H and O–H groups in total. The molecular weight excluding hydrogens is 757 g/mol. The summed E-state index contributed by atoms with van der Waals surface area (Å²) in [5.41, 5.74) is 0. The maximum atomic E-state index is 12.8. The van der Waals surface area contributed by atoms with Crippen molar-refractivity contribution in [2.24, 2.45) is 0 Å². The highest BCUT2D eigenvalue weighted by atomic mass is 16.6. The second-order valence-electron chi connectivity index (χ2n) is 17.1. The van der Waals surface area contributed by atoms with Crippen molar-refractivity contribution in [2.45, 2.75) is 258 Å². The normalized spacial score (nSPS) is 12.5. The van der Waals surface area contributed by atoms with Crippen molar-refractivity contribution in [3.05, 3.63) is 60.8 Å². The minimum Gasteiger partial charge on any atom is -0.462 e. The highest BCUT2D eigenvalue weighted by molar-refractivity contribution is 5.71. The molecule has 0 amide bonds. The van der Waals surface area contributed by atoms with Crippen LogP contribution in [-0.2, 0) is 28.6 Å². The van der Waals surface area contributed by atoms with Gasteiger partial charge in [-0.3, -0.25) is 14.4 Å². The molecule has 0 rings (SSSR count). The molecule has 1 unspecified atom stereocenters. The largest absolute Gasteiger partial charge is 0.462 e. The van der Waals surface area contributed by atoms with Crippen LogP contribution in [0.1, 0.15) is 252 Å². The van der Waals surface area contributed by atoms with Gasteiger partial charge in [0.1, 0.15) is 13.2 Å². The summed E-state index contributed by atoms with van der Waals surface area (Å²) in [6.45, 7) is 6.48. The van der Waals surface area contributed by atoms with Crippen LogP contribution in [0.5, 0.6) is 0 Å². The molecule has 6 nitrogen and oxygen atoms in total. The van der Waals surface area contributed by atoms with Gasteiger partial charge in [0.15, 0.2) is 6.10 Å². The Bertz CT molecular complexity index is 1120. The molecule has 61 heavy (non-hydrogen) atoms. The SMILES string of the molecule is CC/C=C\C/C=C\C/C=C\C/C=C\CCCCC(=O)OCC(COC(=O)CCCCCCCCCCCCCCC)OC(=O)CCCCCCC/C=C\CCCCCCCC. The molecule has 352 valence electrons. The molecule has 0 heterocycles. The molecule has 0 bridgehead atoms. The summed E-state index contributed by atoms with van der Waals surface area (Å²) in [6.07, 6.45) is 60.6. The van der Waals surface area contributed by atoms with Crippen molar-refractivity contribution in [1.82, 2.24) is 0 Å². The van der Waals surface area contributed by atoms with Gasteiger partial charge in [0.05, 0.1) is 0 Å². The lowest BCUT2D eigenvalue weighted by molar-refractivity contribution is -0.167. The van der Waals surface area contributed by atoms with Gasteiger partial charge in [-0.05, 0) is 83.5 Å². The lowest BCUT2D eigenvalue weighted by atomic mass is 10.0. The zero-order valence-electron chi connectivity index (χ0n) is 40.2. The van der Waals surface area contributed by atoms with Crippen LogP contribution in [0.25, 0.3) is 0 Å². The van der Waals surface area contributed by atoms with E-state index < -0.39 is 6.10 Å². The summed E-state index contributed by atoms with van der Waals surface area (Å²) in [5, 5.41) is 0. The van der Waals surface area contributed by atoms with E-state index in [0.717, 1.165) is 96.3 Å². The molecule has 0 aliphatic carbocycles. The summed E-state index contributed by atoms with van der Waals surface area (Å²) in [7, 11) is 0. The monoisotopic (exact) mass is 853 g/mol. The molecule has 0 aromatic heterocycles. The Kier molecular flexibility index (Phi) is 47.4. The lowest BCUT2D eigenvalue weighted by Gasteiger charge is -2.18. The number of hydrogen-bond donors (Lipinski definition) is 0. The molecule has 0 fully saturated rings. The maximum Gasteiger partial charge on any atom is 0.306 e. The molecule has 1 atom stereocenters. The number of carbonyl (C=O) groups excluding carboxylic acids is 3. The van der Waals surface area contributed by atoms with Gasteiger partial charge >= 0.3 is 17.9 Å². The van der Waals surface area contributed by atoms with Crippen LogP contribution in [0.4, 0.5) is 0 Å². The number of rotatable bonds is 46. The summed E-state index contributed by atoms with van der Waals surface area (Å²) in [4.78, 5) is 37.9. The Morgan fingerprint density at radius 3 is 1.05 bits per heavy atom. The first kappa shape index (κ1) is 58.1. The Balaban J connectivity index is 4.45. The van der Waals surface area contributed by atoms with Gasteiger partial charge in [-0.2, -0.15) is 0 Å². The second-order valence-corrected chi connectivity index (χ2v) is 17.1. The average molecular weight is 853 g/mol. The zero-order valence-corrected chi connectivity index (χ0v) is 40.2. The Labute approximate surface area is 377 Å². The van der Waals surface area contributed by atoms with Crippen LogP contribution >= 0.6 is 0 Å². The molecule has 6 heteroatoms. The van der Waals surface area contributed by atoms with E-state index >= 15 is 0 Å². The highest BCUT2D eigenvalue weighted by Gasteiger charge is 2.19. The lowest BCUT2D eigenvalue weighted by Crippen LogP contribution is -2.30. The van der Waals surface area contributed by atoms with Crippen LogP contribution in [-0.4, -0.2) is 37.2 Å². The van der Waals surface area contributed by atoms with Gasteiger partial charge in [-0.25, -0.2) is 0 Å². The second kappa shape index (κ2) is 49.8. The molecule has 0 saturated carbocycles. The van der Waals surface area contributed by atoms with Crippen molar-refractivity contribution in [1.29, 1.82) is 0 Å². The van der Waals surface area contributed by atoms with Crippen LogP contribution < -0.4 is 0 Å². The van der Waals surface area contributed by atoms with E-state index in [4.69, 9.17) is 14.2 Å². The fourth-order valence-electron chi connectivity index (χ4n) is 7.13. The Morgan fingerprint density at radius 1 is 0.344 bits per heavy atom. The van der Waals surface area contributed by atoms with Gasteiger partial charge in [-0.1, -0.05) is 210 Å². The summed E-state index contributed by atoms with van der Waals surface area (Å²) < 4.78 is 16.8. The zero-order chi connectivity index (χ0) is 44.4. The number of carbonyl (C=O) groups is 3. The molecule has 0 aromatic carbocycles. The third-order valence-electron chi connectivity index (χ3n) is 11.0. The third kappa shape index (κ3) is 48.0. The molecule has 0 aliphatic heterocycles. The number of allylic oxidation sites excluding steroid dienone is 10. The van der Waals surface area contributed by atoms with Crippen LogP contribution in [0.2, 0.25) is 0 Å². The first-order valence-electron chi connectivity index (χ1n) is 25.8. The first-order chi connectivity index (χ1) is 30.0. The number of unbranched alkanes of at least 4 members (excludes halogenated alkanes) is 25. The highest BCUT2D eigenvalue weighted by Crippen LogP contribution is 2.15. The standard InChI is InChI=1S/C55H96O6/c1-4-7-10-13-16-19-22-25-27-30-33-36-39-42-45-48-54(57)60-51-52(50-59-53(56)47-44-41-38-35-32-29-24-21-18-15-12-9-6-3)61-55(58)49-46-43-40-37-34-31-28-26-23-20-17-14-11-8-5-2/h7,10,16,19,25-28,33,36,52H,4-6,8-9,11-15,17-18,20-24,29-32,34-35,37-51H2,1-3H3/b10-7-,19-16-,27-25-,28-26-,36-33-. The quantitative estimate of drug-likeness (QED) is 0.0263.